The molecule has 5 nitrogen and oxygen atoms in total. The molecular weight excluding hydrogens is 240 g/mol. The summed E-state index contributed by atoms with van der Waals surface area (Å²) in [6, 6.07) is 0.182. The third-order valence-electron chi connectivity index (χ3n) is 3.64. The Hall–Kier alpha value is -0.170. The Morgan fingerprint density at radius 1 is 1.53 bits per heavy atom. The predicted octanol–water partition coefficient (Wildman–Crippen LogP) is -0.141. The summed E-state index contributed by atoms with van der Waals surface area (Å²) in [5.74, 6) is 0.429. The number of methoxy groups -OCH3 is 1. The number of nitrogens with zero attached hydrogens (tertiary/aromatic N) is 1. The second-order valence-electron chi connectivity index (χ2n) is 4.86. The van der Waals surface area contributed by atoms with Gasteiger partial charge in [0.25, 0.3) is 0 Å². The molecular formula is C11H24N2O3S. The molecule has 0 bridgehead atoms. The smallest absolute Gasteiger partial charge is 0.152 e. The predicted molar refractivity (Wildman–Crippen MR) is 68.8 cm³/mol. The highest BCUT2D eigenvalue weighted by Gasteiger charge is 2.46. The topological polar surface area (TPSA) is 72.6 Å². The second-order valence-corrected chi connectivity index (χ2v) is 7.04. The minimum atomic E-state index is -2.93. The maximum absolute atomic E-state index is 11.7. The first-order valence-corrected chi connectivity index (χ1v) is 7.89. The van der Waals surface area contributed by atoms with E-state index in [4.69, 9.17) is 10.5 Å². The molecule has 2 atom stereocenters. The molecule has 2 unspecified atom stereocenters. The van der Waals surface area contributed by atoms with Crippen molar-refractivity contribution in [3.05, 3.63) is 0 Å². The monoisotopic (exact) mass is 264 g/mol. The van der Waals surface area contributed by atoms with Crippen molar-refractivity contribution in [1.82, 2.24) is 4.90 Å². The number of nitrogens with two attached hydrogens (primary N) is 1. The highest BCUT2D eigenvalue weighted by atomic mass is 32.2. The molecule has 1 aliphatic heterocycles. The van der Waals surface area contributed by atoms with Gasteiger partial charge in [0.1, 0.15) is 0 Å². The van der Waals surface area contributed by atoms with Crippen LogP contribution in [0.5, 0.6) is 0 Å². The van der Waals surface area contributed by atoms with Crippen molar-refractivity contribution in [2.75, 3.05) is 38.3 Å². The van der Waals surface area contributed by atoms with Gasteiger partial charge < -0.3 is 10.5 Å². The van der Waals surface area contributed by atoms with Gasteiger partial charge in [-0.3, -0.25) is 4.90 Å². The number of hydrogen-bond donors (Lipinski definition) is 1. The van der Waals surface area contributed by atoms with E-state index in [1.807, 2.05) is 6.92 Å². The van der Waals surface area contributed by atoms with Crippen LogP contribution in [0.4, 0.5) is 0 Å². The molecule has 0 aliphatic carbocycles. The molecule has 1 heterocycles. The van der Waals surface area contributed by atoms with E-state index in [1.165, 1.54) is 0 Å². The molecule has 1 aliphatic rings. The van der Waals surface area contributed by atoms with Gasteiger partial charge in [-0.15, -0.1) is 0 Å². The van der Waals surface area contributed by atoms with Crippen LogP contribution in [0.1, 0.15) is 20.3 Å². The summed E-state index contributed by atoms with van der Waals surface area (Å²) in [4.78, 5) is 2.18. The average Bonchev–Trinajstić information content (AvgIpc) is 2.57. The van der Waals surface area contributed by atoms with Gasteiger partial charge in [0.05, 0.1) is 18.1 Å². The van der Waals surface area contributed by atoms with Crippen LogP contribution in [0.2, 0.25) is 0 Å². The molecule has 0 saturated carbocycles. The molecule has 0 radical (unpaired) electrons. The van der Waals surface area contributed by atoms with E-state index in [1.54, 1.807) is 7.11 Å². The maximum Gasteiger partial charge on any atom is 0.152 e. The lowest BCUT2D eigenvalue weighted by molar-refractivity contribution is 0.0331. The third-order valence-corrected chi connectivity index (χ3v) is 5.44. The van der Waals surface area contributed by atoms with Crippen LogP contribution < -0.4 is 5.73 Å². The van der Waals surface area contributed by atoms with Crippen LogP contribution in [0.25, 0.3) is 0 Å². The van der Waals surface area contributed by atoms with Crippen LogP contribution in [0, 0.1) is 0 Å². The summed E-state index contributed by atoms with van der Waals surface area (Å²) < 4.78 is 28.5. The third kappa shape index (κ3) is 3.19. The number of ether oxygens (including phenoxy) is 1. The fourth-order valence-corrected chi connectivity index (χ4v) is 4.93. The molecule has 6 heteroatoms. The van der Waals surface area contributed by atoms with Crippen molar-refractivity contribution in [2.45, 2.75) is 31.8 Å². The zero-order valence-corrected chi connectivity index (χ0v) is 11.8. The van der Waals surface area contributed by atoms with Gasteiger partial charge in [-0.05, 0) is 19.9 Å². The van der Waals surface area contributed by atoms with Gasteiger partial charge in [-0.1, -0.05) is 6.92 Å². The van der Waals surface area contributed by atoms with Crippen molar-refractivity contribution in [3.63, 3.8) is 0 Å². The Labute approximate surface area is 104 Å². The number of hydrogen-bond acceptors (Lipinski definition) is 5. The van der Waals surface area contributed by atoms with E-state index in [0.717, 1.165) is 6.54 Å². The van der Waals surface area contributed by atoms with E-state index in [-0.39, 0.29) is 17.5 Å². The van der Waals surface area contributed by atoms with Crippen molar-refractivity contribution in [1.29, 1.82) is 0 Å². The van der Waals surface area contributed by atoms with Crippen molar-refractivity contribution < 1.29 is 13.2 Å². The fraction of sp³-hybridized carbons (Fsp3) is 1.00. The zero-order chi connectivity index (χ0) is 13.1. The molecule has 2 N–H and O–H groups in total. The first kappa shape index (κ1) is 14.9. The summed E-state index contributed by atoms with van der Waals surface area (Å²) in [5.41, 5.74) is 5.46. The number of sulfone groups is 1. The maximum atomic E-state index is 11.7. The lowest BCUT2D eigenvalue weighted by Gasteiger charge is -2.42. The van der Waals surface area contributed by atoms with E-state index >= 15 is 0 Å². The Morgan fingerprint density at radius 2 is 2.18 bits per heavy atom. The summed E-state index contributed by atoms with van der Waals surface area (Å²) in [6.07, 6.45) is 0.633. The van der Waals surface area contributed by atoms with E-state index < -0.39 is 15.4 Å². The zero-order valence-electron chi connectivity index (χ0n) is 11.0. The van der Waals surface area contributed by atoms with Crippen molar-refractivity contribution in [2.24, 2.45) is 5.73 Å². The molecule has 1 rings (SSSR count). The van der Waals surface area contributed by atoms with Gasteiger partial charge in [0, 0.05) is 25.2 Å². The summed E-state index contributed by atoms with van der Waals surface area (Å²) in [5, 5.41) is 0. The molecule has 17 heavy (non-hydrogen) atoms. The minimum Gasteiger partial charge on any atom is -0.383 e. The van der Waals surface area contributed by atoms with Gasteiger partial charge in [0.2, 0.25) is 0 Å². The summed E-state index contributed by atoms with van der Waals surface area (Å²) in [6.45, 7) is 5.85. The molecule has 0 amide bonds. The standard InChI is InChI=1S/C11H24N2O3S/c1-4-13(10(2)7-16-3)11(8-12)5-6-17(14,15)9-11/h10H,4-9,12H2,1-3H3. The van der Waals surface area contributed by atoms with Gasteiger partial charge in [-0.25, -0.2) is 8.42 Å². The van der Waals surface area contributed by atoms with E-state index in [2.05, 4.69) is 11.8 Å². The first-order chi connectivity index (χ1) is 7.90. The quantitative estimate of drug-likeness (QED) is 0.723. The highest BCUT2D eigenvalue weighted by Crippen LogP contribution is 2.30. The Balaban J connectivity index is 2.91. The molecule has 0 aromatic heterocycles. The Morgan fingerprint density at radius 3 is 2.53 bits per heavy atom. The molecule has 1 saturated heterocycles. The van der Waals surface area contributed by atoms with Gasteiger partial charge in [0.15, 0.2) is 9.84 Å². The van der Waals surface area contributed by atoms with Crippen LogP contribution in [-0.4, -0.2) is 63.2 Å². The van der Waals surface area contributed by atoms with Crippen LogP contribution in [0.15, 0.2) is 0 Å². The summed E-state index contributed by atoms with van der Waals surface area (Å²) >= 11 is 0. The van der Waals surface area contributed by atoms with Crippen molar-refractivity contribution >= 4 is 9.84 Å². The van der Waals surface area contributed by atoms with Gasteiger partial charge in [-0.2, -0.15) is 0 Å². The lowest BCUT2D eigenvalue weighted by atomic mass is 9.94. The molecule has 0 spiro atoms. The molecule has 1 fully saturated rings. The largest absolute Gasteiger partial charge is 0.383 e. The number of likely N-dealkylation sites (N-methyl/N-ethyl adjacent to an activating group) is 1. The van der Waals surface area contributed by atoms with Gasteiger partial charge >= 0.3 is 0 Å². The molecule has 0 aromatic rings. The Kier molecular flexibility index (Phi) is 4.95. The van der Waals surface area contributed by atoms with Crippen molar-refractivity contribution in [3.8, 4) is 0 Å². The minimum absolute atomic E-state index is 0.179. The second kappa shape index (κ2) is 5.65. The van der Waals surface area contributed by atoms with E-state index in [9.17, 15) is 8.42 Å². The van der Waals surface area contributed by atoms with Crippen LogP contribution in [-0.2, 0) is 14.6 Å². The SMILES string of the molecule is CCN(C(C)COC)C1(CN)CCS(=O)(=O)C1. The normalized spacial score (nSPS) is 29.7. The Bertz CT molecular complexity index is 345. The molecule has 0 aromatic carbocycles. The van der Waals surface area contributed by atoms with Crippen LogP contribution >= 0.6 is 0 Å². The fourth-order valence-electron chi connectivity index (χ4n) is 2.85. The lowest BCUT2D eigenvalue weighted by Crippen LogP contribution is -2.58. The van der Waals surface area contributed by atoms with Crippen LogP contribution in [0.3, 0.4) is 0 Å². The van der Waals surface area contributed by atoms with E-state index in [0.29, 0.717) is 19.6 Å². The number of rotatable bonds is 6. The average molecular weight is 264 g/mol. The highest BCUT2D eigenvalue weighted by molar-refractivity contribution is 7.91. The summed E-state index contributed by atoms with van der Waals surface area (Å²) in [7, 11) is -1.27. The molecule has 102 valence electrons. The first-order valence-electron chi connectivity index (χ1n) is 6.07.